The summed E-state index contributed by atoms with van der Waals surface area (Å²) in [5.74, 6) is 1.49. The molecule has 6 nitrogen and oxygen atoms in total. The molecule has 2 aliphatic rings. The monoisotopic (exact) mass is 461 g/mol. The SMILES string of the molecule is C/C=C\C(=CC(=O)C1(c2ccc3c(c2)OCO3)CC1)c1cccc(CNC(=O)OC(C)(C)C)c1. The highest BCUT2D eigenvalue weighted by atomic mass is 16.7. The topological polar surface area (TPSA) is 73.9 Å². The second kappa shape index (κ2) is 9.37. The van der Waals surface area contributed by atoms with Gasteiger partial charge in [-0.3, -0.25) is 4.79 Å². The summed E-state index contributed by atoms with van der Waals surface area (Å²) in [6, 6.07) is 13.6. The molecule has 1 N–H and O–H groups in total. The molecule has 0 spiro atoms. The molecule has 1 saturated carbocycles. The largest absolute Gasteiger partial charge is 0.454 e. The number of benzene rings is 2. The van der Waals surface area contributed by atoms with Crippen molar-refractivity contribution >= 4 is 17.4 Å². The molecule has 1 aliphatic carbocycles. The van der Waals surface area contributed by atoms with Crippen LogP contribution < -0.4 is 14.8 Å². The van der Waals surface area contributed by atoms with Crippen LogP contribution >= 0.6 is 0 Å². The molecule has 2 aromatic carbocycles. The minimum Gasteiger partial charge on any atom is -0.454 e. The maximum Gasteiger partial charge on any atom is 0.407 e. The molecule has 2 aromatic rings. The zero-order valence-electron chi connectivity index (χ0n) is 20.1. The Labute approximate surface area is 200 Å². The van der Waals surface area contributed by atoms with E-state index in [1.165, 1.54) is 0 Å². The van der Waals surface area contributed by atoms with Crippen molar-refractivity contribution in [1.29, 1.82) is 0 Å². The first-order chi connectivity index (χ1) is 16.2. The van der Waals surface area contributed by atoms with Gasteiger partial charge in [-0.05, 0) is 87.1 Å². The zero-order valence-corrected chi connectivity index (χ0v) is 20.1. The molecule has 1 aliphatic heterocycles. The number of ether oxygens (including phenoxy) is 3. The van der Waals surface area contributed by atoms with Gasteiger partial charge in [-0.2, -0.15) is 0 Å². The summed E-state index contributed by atoms with van der Waals surface area (Å²) >= 11 is 0. The van der Waals surface area contributed by atoms with Crippen LogP contribution in [-0.2, 0) is 21.5 Å². The van der Waals surface area contributed by atoms with E-state index in [0.29, 0.717) is 18.0 Å². The summed E-state index contributed by atoms with van der Waals surface area (Å²) in [6.07, 6.45) is 6.75. The second-order valence-corrected chi connectivity index (χ2v) is 9.67. The quantitative estimate of drug-likeness (QED) is 0.423. The maximum atomic E-state index is 13.5. The van der Waals surface area contributed by atoms with E-state index < -0.39 is 17.1 Å². The van der Waals surface area contributed by atoms with Gasteiger partial charge in [0.25, 0.3) is 0 Å². The minimum atomic E-state index is -0.551. The standard InChI is InChI=1S/C28H31NO5/c1-5-7-20(21-9-6-8-19(14-21)17-29-26(31)34-27(2,3)4)15-25(30)28(12-13-28)22-10-11-23-24(16-22)33-18-32-23/h5-11,14-16H,12-13,17-18H2,1-4H3,(H,29,31)/b7-5-,20-15?. The Morgan fingerprint density at radius 2 is 1.85 bits per heavy atom. The Morgan fingerprint density at radius 1 is 1.09 bits per heavy atom. The number of hydrogen-bond acceptors (Lipinski definition) is 5. The third-order valence-corrected chi connectivity index (χ3v) is 5.88. The van der Waals surface area contributed by atoms with Gasteiger partial charge in [0, 0.05) is 6.54 Å². The molecule has 0 bridgehead atoms. The van der Waals surface area contributed by atoms with E-state index >= 15 is 0 Å². The van der Waals surface area contributed by atoms with Crippen molar-refractivity contribution in [2.24, 2.45) is 0 Å². The van der Waals surface area contributed by atoms with Crippen molar-refractivity contribution in [3.63, 3.8) is 0 Å². The fourth-order valence-electron chi connectivity index (χ4n) is 4.03. The van der Waals surface area contributed by atoms with Crippen molar-refractivity contribution in [3.05, 3.63) is 77.4 Å². The lowest BCUT2D eigenvalue weighted by Crippen LogP contribution is -2.32. The molecular weight excluding hydrogens is 430 g/mol. The number of nitrogens with one attached hydrogen (secondary N) is 1. The number of rotatable bonds is 7. The van der Waals surface area contributed by atoms with Crippen LogP contribution in [0, 0.1) is 0 Å². The molecule has 178 valence electrons. The molecule has 0 unspecified atom stereocenters. The number of allylic oxidation sites excluding steroid dienone is 4. The van der Waals surface area contributed by atoms with Gasteiger partial charge in [0.1, 0.15) is 5.60 Å². The van der Waals surface area contributed by atoms with Gasteiger partial charge in [0.15, 0.2) is 17.3 Å². The van der Waals surface area contributed by atoms with E-state index in [0.717, 1.165) is 35.1 Å². The van der Waals surface area contributed by atoms with Gasteiger partial charge in [-0.15, -0.1) is 0 Å². The number of fused-ring (bicyclic) bond motifs is 1. The van der Waals surface area contributed by atoms with Crippen LogP contribution in [0.2, 0.25) is 0 Å². The molecule has 1 heterocycles. The van der Waals surface area contributed by atoms with Crippen molar-refractivity contribution in [3.8, 4) is 11.5 Å². The van der Waals surface area contributed by atoms with Gasteiger partial charge in [0.2, 0.25) is 6.79 Å². The zero-order chi connectivity index (χ0) is 24.3. The maximum absolute atomic E-state index is 13.5. The first-order valence-corrected chi connectivity index (χ1v) is 11.6. The van der Waals surface area contributed by atoms with Crippen LogP contribution in [0.3, 0.4) is 0 Å². The van der Waals surface area contributed by atoms with Crippen LogP contribution in [0.5, 0.6) is 11.5 Å². The molecule has 6 heteroatoms. The molecule has 0 radical (unpaired) electrons. The lowest BCUT2D eigenvalue weighted by atomic mass is 9.89. The van der Waals surface area contributed by atoms with Crippen molar-refractivity contribution < 1.29 is 23.8 Å². The fourth-order valence-corrected chi connectivity index (χ4v) is 4.03. The van der Waals surface area contributed by atoms with Crippen LogP contribution in [0.15, 0.2) is 60.7 Å². The lowest BCUT2D eigenvalue weighted by molar-refractivity contribution is -0.116. The van der Waals surface area contributed by atoms with Gasteiger partial charge in [-0.25, -0.2) is 4.79 Å². The minimum absolute atomic E-state index is 0.0803. The Kier molecular flexibility index (Phi) is 6.51. The predicted octanol–water partition coefficient (Wildman–Crippen LogP) is 5.70. The number of carbonyl (C=O) groups is 2. The summed E-state index contributed by atoms with van der Waals surface area (Å²) in [7, 11) is 0. The first kappa shape index (κ1) is 23.6. The number of ketones is 1. The summed E-state index contributed by atoms with van der Waals surface area (Å²) in [5, 5.41) is 2.78. The van der Waals surface area contributed by atoms with Crippen molar-refractivity contribution in [2.45, 2.75) is 58.1 Å². The number of carbonyl (C=O) groups excluding carboxylic acids is 2. The molecular formula is C28H31NO5. The van der Waals surface area contributed by atoms with E-state index in [-0.39, 0.29) is 12.6 Å². The van der Waals surface area contributed by atoms with Crippen LogP contribution in [0.4, 0.5) is 4.79 Å². The summed E-state index contributed by atoms with van der Waals surface area (Å²) in [4.78, 5) is 25.5. The first-order valence-electron chi connectivity index (χ1n) is 11.6. The summed E-state index contributed by atoms with van der Waals surface area (Å²) < 4.78 is 16.2. The van der Waals surface area contributed by atoms with Crippen molar-refractivity contribution in [1.82, 2.24) is 5.32 Å². The molecule has 34 heavy (non-hydrogen) atoms. The second-order valence-electron chi connectivity index (χ2n) is 9.67. The average molecular weight is 462 g/mol. The van der Waals surface area contributed by atoms with Gasteiger partial charge >= 0.3 is 6.09 Å². The van der Waals surface area contributed by atoms with E-state index in [4.69, 9.17) is 14.2 Å². The van der Waals surface area contributed by atoms with E-state index in [9.17, 15) is 9.59 Å². The van der Waals surface area contributed by atoms with Crippen LogP contribution in [0.25, 0.3) is 5.57 Å². The van der Waals surface area contributed by atoms with E-state index in [2.05, 4.69) is 5.32 Å². The van der Waals surface area contributed by atoms with Gasteiger partial charge in [-0.1, -0.05) is 36.4 Å². The Balaban J connectivity index is 1.53. The number of amides is 1. The molecule has 4 rings (SSSR count). The Morgan fingerprint density at radius 3 is 2.56 bits per heavy atom. The molecule has 1 fully saturated rings. The summed E-state index contributed by atoms with van der Waals surface area (Å²) in [5.41, 5.74) is 2.57. The third-order valence-electron chi connectivity index (χ3n) is 5.88. The normalized spacial score (nSPS) is 16.4. The molecule has 1 amide bonds. The average Bonchev–Trinajstić information content (AvgIpc) is 3.47. The van der Waals surface area contributed by atoms with Crippen molar-refractivity contribution in [2.75, 3.05) is 6.79 Å². The smallest absolute Gasteiger partial charge is 0.407 e. The van der Waals surface area contributed by atoms with Gasteiger partial charge < -0.3 is 19.5 Å². The highest BCUT2D eigenvalue weighted by Crippen LogP contribution is 2.51. The fraction of sp³-hybridized carbons (Fsp3) is 0.357. The highest BCUT2D eigenvalue weighted by molar-refractivity contribution is 6.07. The summed E-state index contributed by atoms with van der Waals surface area (Å²) in [6.45, 7) is 7.96. The molecule has 0 saturated heterocycles. The van der Waals surface area contributed by atoms with E-state index in [1.54, 1.807) is 6.08 Å². The molecule has 0 atom stereocenters. The Bertz CT molecular complexity index is 1150. The predicted molar refractivity (Wildman–Crippen MR) is 131 cm³/mol. The van der Waals surface area contributed by atoms with Crippen LogP contribution in [0.1, 0.15) is 57.2 Å². The number of alkyl carbamates (subject to hydrolysis) is 1. The van der Waals surface area contributed by atoms with Crippen LogP contribution in [-0.4, -0.2) is 24.3 Å². The lowest BCUT2D eigenvalue weighted by Gasteiger charge is -2.19. The highest BCUT2D eigenvalue weighted by Gasteiger charge is 2.50. The molecule has 0 aromatic heterocycles. The van der Waals surface area contributed by atoms with E-state index in [1.807, 2.05) is 82.3 Å². The third kappa shape index (κ3) is 5.33. The number of hydrogen-bond donors (Lipinski definition) is 1. The Hall–Kier alpha value is -3.54. The van der Waals surface area contributed by atoms with Gasteiger partial charge in [0.05, 0.1) is 5.41 Å².